The summed E-state index contributed by atoms with van der Waals surface area (Å²) in [6.07, 6.45) is 6.88. The molecular formula is C12H18N2S. The minimum absolute atomic E-state index is 0.895. The van der Waals surface area contributed by atoms with Gasteiger partial charge in [0.2, 0.25) is 0 Å². The summed E-state index contributed by atoms with van der Waals surface area (Å²) in [4.78, 5) is 6.93. The summed E-state index contributed by atoms with van der Waals surface area (Å²) in [7, 11) is 0. The van der Waals surface area contributed by atoms with Gasteiger partial charge >= 0.3 is 0 Å². The second-order valence-corrected chi connectivity index (χ2v) is 4.45. The number of piperidine rings is 1. The van der Waals surface area contributed by atoms with E-state index in [-0.39, 0.29) is 0 Å². The van der Waals surface area contributed by atoms with Crippen molar-refractivity contribution in [2.24, 2.45) is 0 Å². The van der Waals surface area contributed by atoms with Gasteiger partial charge < -0.3 is 4.90 Å². The van der Waals surface area contributed by atoms with E-state index in [0.717, 1.165) is 25.3 Å². The fourth-order valence-electron chi connectivity index (χ4n) is 2.14. The Morgan fingerprint density at radius 3 is 2.80 bits per heavy atom. The van der Waals surface area contributed by atoms with Crippen molar-refractivity contribution in [2.45, 2.75) is 25.7 Å². The summed E-state index contributed by atoms with van der Waals surface area (Å²) in [6.45, 7) is 2.33. The number of hydrogen-bond acceptors (Lipinski definition) is 3. The average Bonchev–Trinajstić information content (AvgIpc) is 2.31. The predicted molar refractivity (Wildman–Crippen MR) is 67.9 cm³/mol. The standard InChI is InChI=1S/C12H18N2S/c15-10-6-11-5-4-7-13-12(11)14-8-2-1-3-9-14/h4-5,7,15H,1-3,6,8-10H2. The molecule has 1 aromatic rings. The van der Waals surface area contributed by atoms with Crippen molar-refractivity contribution in [1.82, 2.24) is 4.98 Å². The van der Waals surface area contributed by atoms with Crippen molar-refractivity contribution in [2.75, 3.05) is 23.7 Å². The number of hydrogen-bond donors (Lipinski definition) is 1. The first-order chi connectivity index (χ1) is 7.42. The van der Waals surface area contributed by atoms with Gasteiger partial charge in [0.15, 0.2) is 0 Å². The van der Waals surface area contributed by atoms with E-state index in [9.17, 15) is 0 Å². The van der Waals surface area contributed by atoms with E-state index in [1.807, 2.05) is 12.3 Å². The molecule has 1 aliphatic rings. The van der Waals surface area contributed by atoms with Crippen molar-refractivity contribution < 1.29 is 0 Å². The average molecular weight is 222 g/mol. The molecule has 2 rings (SSSR count). The lowest BCUT2D eigenvalue weighted by Gasteiger charge is -2.29. The summed E-state index contributed by atoms with van der Waals surface area (Å²) in [5.41, 5.74) is 1.34. The van der Waals surface area contributed by atoms with Crippen molar-refractivity contribution in [3.8, 4) is 0 Å². The molecule has 0 saturated carbocycles. The molecule has 2 nitrogen and oxygen atoms in total. The summed E-state index contributed by atoms with van der Waals surface area (Å²) < 4.78 is 0. The van der Waals surface area contributed by atoms with Gasteiger partial charge in [-0.1, -0.05) is 6.07 Å². The van der Waals surface area contributed by atoms with Crippen molar-refractivity contribution in [1.29, 1.82) is 0 Å². The third-order valence-electron chi connectivity index (χ3n) is 2.90. The minimum atomic E-state index is 0.895. The predicted octanol–water partition coefficient (Wildman–Crippen LogP) is 2.54. The highest BCUT2D eigenvalue weighted by Gasteiger charge is 2.14. The Kier molecular flexibility index (Phi) is 3.89. The normalized spacial score (nSPS) is 16.7. The molecule has 1 aromatic heterocycles. The largest absolute Gasteiger partial charge is 0.356 e. The number of rotatable bonds is 3. The fourth-order valence-corrected chi connectivity index (χ4v) is 2.38. The Bertz CT molecular complexity index is 308. The maximum absolute atomic E-state index is 4.51. The Morgan fingerprint density at radius 2 is 2.07 bits per heavy atom. The van der Waals surface area contributed by atoms with Gasteiger partial charge in [-0.15, -0.1) is 0 Å². The van der Waals surface area contributed by atoms with E-state index in [4.69, 9.17) is 0 Å². The maximum atomic E-state index is 4.51. The fraction of sp³-hybridized carbons (Fsp3) is 0.583. The molecule has 0 unspecified atom stereocenters. The third kappa shape index (κ3) is 2.65. The molecule has 0 aromatic carbocycles. The van der Waals surface area contributed by atoms with Gasteiger partial charge in [-0.25, -0.2) is 4.98 Å². The molecule has 0 radical (unpaired) electrons. The molecule has 0 aliphatic carbocycles. The third-order valence-corrected chi connectivity index (χ3v) is 3.13. The zero-order valence-corrected chi connectivity index (χ0v) is 9.92. The minimum Gasteiger partial charge on any atom is -0.356 e. The monoisotopic (exact) mass is 222 g/mol. The molecular weight excluding hydrogens is 204 g/mol. The van der Waals surface area contributed by atoms with Crippen LogP contribution in [0.5, 0.6) is 0 Å². The van der Waals surface area contributed by atoms with Crippen LogP contribution in [-0.4, -0.2) is 23.8 Å². The van der Waals surface area contributed by atoms with E-state index in [0.29, 0.717) is 0 Å². The zero-order valence-electron chi connectivity index (χ0n) is 9.02. The van der Waals surface area contributed by atoms with E-state index < -0.39 is 0 Å². The summed E-state index contributed by atoms with van der Waals surface area (Å²) in [6, 6.07) is 4.19. The van der Waals surface area contributed by atoms with Crippen molar-refractivity contribution in [3.05, 3.63) is 23.9 Å². The second kappa shape index (κ2) is 5.40. The van der Waals surface area contributed by atoms with Crippen LogP contribution in [0.4, 0.5) is 5.82 Å². The topological polar surface area (TPSA) is 16.1 Å². The highest BCUT2D eigenvalue weighted by atomic mass is 32.1. The molecule has 0 spiro atoms. The number of anilines is 1. The molecule has 0 bridgehead atoms. The molecule has 0 atom stereocenters. The number of thiol groups is 1. The van der Waals surface area contributed by atoms with Gasteiger partial charge in [0, 0.05) is 19.3 Å². The number of aryl methyl sites for hydroxylation is 1. The Balaban J connectivity index is 2.17. The SMILES string of the molecule is SCCc1cccnc1N1CCCCC1. The highest BCUT2D eigenvalue weighted by molar-refractivity contribution is 7.80. The first kappa shape index (κ1) is 10.8. The van der Waals surface area contributed by atoms with Crippen molar-refractivity contribution >= 4 is 18.4 Å². The Labute approximate surface area is 97.1 Å². The van der Waals surface area contributed by atoms with Gasteiger partial charge in [0.1, 0.15) is 5.82 Å². The number of nitrogens with zero attached hydrogens (tertiary/aromatic N) is 2. The van der Waals surface area contributed by atoms with Crippen LogP contribution in [0.15, 0.2) is 18.3 Å². The lowest BCUT2D eigenvalue weighted by atomic mass is 10.1. The van der Waals surface area contributed by atoms with Crippen LogP contribution in [0.1, 0.15) is 24.8 Å². The molecule has 0 N–H and O–H groups in total. The van der Waals surface area contributed by atoms with Crippen LogP contribution >= 0.6 is 12.6 Å². The van der Waals surface area contributed by atoms with E-state index in [2.05, 4.69) is 28.6 Å². The van der Waals surface area contributed by atoms with Crippen LogP contribution in [-0.2, 0) is 6.42 Å². The second-order valence-electron chi connectivity index (χ2n) is 4.01. The van der Waals surface area contributed by atoms with Crippen LogP contribution in [0.25, 0.3) is 0 Å². The van der Waals surface area contributed by atoms with E-state index in [1.165, 1.54) is 30.6 Å². The lowest BCUT2D eigenvalue weighted by molar-refractivity contribution is 0.572. The molecule has 0 amide bonds. The van der Waals surface area contributed by atoms with Crippen molar-refractivity contribution in [3.63, 3.8) is 0 Å². The van der Waals surface area contributed by atoms with E-state index >= 15 is 0 Å². The zero-order chi connectivity index (χ0) is 10.5. The van der Waals surface area contributed by atoms with Gasteiger partial charge in [0.25, 0.3) is 0 Å². The Hall–Kier alpha value is -0.700. The summed E-state index contributed by atoms with van der Waals surface area (Å²) >= 11 is 4.30. The molecule has 3 heteroatoms. The highest BCUT2D eigenvalue weighted by Crippen LogP contribution is 2.21. The molecule has 1 fully saturated rings. The quantitative estimate of drug-likeness (QED) is 0.791. The molecule has 1 aliphatic heterocycles. The smallest absolute Gasteiger partial charge is 0.131 e. The van der Waals surface area contributed by atoms with Crippen LogP contribution in [0, 0.1) is 0 Å². The Morgan fingerprint density at radius 1 is 1.27 bits per heavy atom. The molecule has 82 valence electrons. The summed E-state index contributed by atoms with van der Waals surface area (Å²) in [5, 5.41) is 0. The van der Waals surface area contributed by atoms with Gasteiger partial charge in [-0.05, 0) is 43.1 Å². The molecule has 2 heterocycles. The lowest BCUT2D eigenvalue weighted by Crippen LogP contribution is -2.31. The van der Waals surface area contributed by atoms with Crippen LogP contribution in [0.2, 0.25) is 0 Å². The van der Waals surface area contributed by atoms with Gasteiger partial charge in [0.05, 0.1) is 0 Å². The molecule has 15 heavy (non-hydrogen) atoms. The number of aromatic nitrogens is 1. The van der Waals surface area contributed by atoms with E-state index in [1.54, 1.807) is 0 Å². The first-order valence-electron chi connectivity index (χ1n) is 5.71. The first-order valence-corrected chi connectivity index (χ1v) is 6.35. The van der Waals surface area contributed by atoms with Crippen LogP contribution < -0.4 is 4.90 Å². The number of pyridine rings is 1. The van der Waals surface area contributed by atoms with Gasteiger partial charge in [-0.3, -0.25) is 0 Å². The maximum Gasteiger partial charge on any atom is 0.131 e. The molecule has 1 saturated heterocycles. The van der Waals surface area contributed by atoms with Crippen LogP contribution in [0.3, 0.4) is 0 Å². The van der Waals surface area contributed by atoms with Gasteiger partial charge in [-0.2, -0.15) is 12.6 Å². The summed E-state index contributed by atoms with van der Waals surface area (Å²) in [5.74, 6) is 2.08.